The lowest BCUT2D eigenvalue weighted by molar-refractivity contribution is 0.0606. The second-order valence-corrected chi connectivity index (χ2v) is 5.87. The molecule has 3 rings (SSSR count). The van der Waals surface area contributed by atoms with Gasteiger partial charge in [0.2, 0.25) is 0 Å². The average Bonchev–Trinajstić information content (AvgIpc) is 2.62. The Morgan fingerprint density at radius 3 is 2.35 bits per heavy atom. The van der Waals surface area contributed by atoms with Gasteiger partial charge < -0.3 is 10.2 Å². The highest BCUT2D eigenvalue weighted by Gasteiger charge is 2.33. The van der Waals surface area contributed by atoms with E-state index in [2.05, 4.69) is 10.4 Å². The van der Waals surface area contributed by atoms with E-state index in [1.165, 1.54) is 19.3 Å². The van der Waals surface area contributed by atoms with Crippen LogP contribution >= 0.6 is 12.4 Å². The Morgan fingerprint density at radius 2 is 1.85 bits per heavy atom. The zero-order valence-electron chi connectivity index (χ0n) is 12.3. The van der Waals surface area contributed by atoms with Gasteiger partial charge in [-0.3, -0.25) is 9.48 Å². The monoisotopic (exact) mass is 298 g/mol. The summed E-state index contributed by atoms with van der Waals surface area (Å²) in [6, 6.07) is 0.961. The van der Waals surface area contributed by atoms with Crippen molar-refractivity contribution < 1.29 is 4.79 Å². The third-order valence-electron chi connectivity index (χ3n) is 4.47. The van der Waals surface area contributed by atoms with E-state index in [9.17, 15) is 4.79 Å². The summed E-state index contributed by atoms with van der Waals surface area (Å²) in [7, 11) is 1.89. The molecule has 0 aliphatic carbocycles. The Bertz CT molecular complexity index is 502. The summed E-state index contributed by atoms with van der Waals surface area (Å²) in [6.07, 6.45) is 3.66. The van der Waals surface area contributed by atoms with Crippen LogP contribution in [0.15, 0.2) is 0 Å². The minimum atomic E-state index is 0. The first-order valence-corrected chi connectivity index (χ1v) is 7.11. The second-order valence-electron chi connectivity index (χ2n) is 5.87. The first kappa shape index (κ1) is 15.3. The molecule has 1 aromatic rings. The molecule has 2 fully saturated rings. The maximum atomic E-state index is 12.7. The van der Waals surface area contributed by atoms with Gasteiger partial charge >= 0.3 is 0 Å². The first-order valence-electron chi connectivity index (χ1n) is 7.11. The summed E-state index contributed by atoms with van der Waals surface area (Å²) in [5, 5.41) is 7.96. The first-order chi connectivity index (χ1) is 9.06. The number of halogens is 1. The van der Waals surface area contributed by atoms with E-state index >= 15 is 0 Å². The number of nitrogens with zero attached hydrogens (tertiary/aromatic N) is 3. The third kappa shape index (κ3) is 2.56. The lowest BCUT2D eigenvalue weighted by Gasteiger charge is -2.42. The second kappa shape index (κ2) is 5.74. The molecule has 0 radical (unpaired) electrons. The summed E-state index contributed by atoms with van der Waals surface area (Å²) in [5.41, 5.74) is 2.60. The molecule has 0 spiro atoms. The molecule has 0 aromatic carbocycles. The van der Waals surface area contributed by atoms with Crippen LogP contribution in [0.1, 0.15) is 41.0 Å². The number of rotatable bonds is 1. The lowest BCUT2D eigenvalue weighted by atomic mass is 9.93. The minimum Gasteiger partial charge on any atom is -0.335 e. The molecule has 1 N–H and O–H groups in total. The number of fused-ring (bicyclic) bond motifs is 2. The van der Waals surface area contributed by atoms with Gasteiger partial charge in [-0.1, -0.05) is 6.42 Å². The topological polar surface area (TPSA) is 50.2 Å². The Kier molecular flexibility index (Phi) is 4.39. The van der Waals surface area contributed by atoms with Gasteiger partial charge in [-0.25, -0.2) is 0 Å². The molecule has 1 aromatic heterocycles. The van der Waals surface area contributed by atoms with Crippen LogP contribution in [0, 0.1) is 13.8 Å². The van der Waals surface area contributed by atoms with Crippen LogP contribution in [0.3, 0.4) is 0 Å². The van der Waals surface area contributed by atoms with Crippen molar-refractivity contribution in [3.8, 4) is 0 Å². The summed E-state index contributed by atoms with van der Waals surface area (Å²) >= 11 is 0. The van der Waals surface area contributed by atoms with Crippen LogP contribution in [0.2, 0.25) is 0 Å². The van der Waals surface area contributed by atoms with Crippen molar-refractivity contribution in [2.75, 3.05) is 13.1 Å². The van der Waals surface area contributed by atoms with Crippen molar-refractivity contribution in [3.63, 3.8) is 0 Å². The van der Waals surface area contributed by atoms with E-state index in [-0.39, 0.29) is 18.3 Å². The Labute approximate surface area is 126 Å². The molecule has 5 nitrogen and oxygen atoms in total. The molecule has 2 saturated heterocycles. The number of aryl methyl sites for hydroxylation is 2. The third-order valence-corrected chi connectivity index (χ3v) is 4.47. The summed E-state index contributed by atoms with van der Waals surface area (Å²) in [6.45, 7) is 5.56. The van der Waals surface area contributed by atoms with Gasteiger partial charge in [-0.05, 0) is 26.7 Å². The molecular formula is C14H23ClN4O. The van der Waals surface area contributed by atoms with Crippen molar-refractivity contribution in [1.82, 2.24) is 20.0 Å². The van der Waals surface area contributed by atoms with Crippen molar-refractivity contribution in [2.24, 2.45) is 7.05 Å². The number of hydrogen-bond acceptors (Lipinski definition) is 3. The number of amides is 1. The molecular weight excluding hydrogens is 276 g/mol. The molecule has 2 aliphatic rings. The van der Waals surface area contributed by atoms with Crippen LogP contribution < -0.4 is 5.32 Å². The molecule has 3 heterocycles. The Morgan fingerprint density at radius 1 is 1.25 bits per heavy atom. The SMILES string of the molecule is Cc1nn(C)c(C)c1C(=O)N1CC2CCCC(C1)N2.Cl. The van der Waals surface area contributed by atoms with E-state index in [0.29, 0.717) is 12.1 Å². The van der Waals surface area contributed by atoms with Gasteiger partial charge in [0.05, 0.1) is 11.3 Å². The van der Waals surface area contributed by atoms with Crippen molar-refractivity contribution in [2.45, 2.75) is 45.2 Å². The predicted octanol–water partition coefficient (Wildman–Crippen LogP) is 1.43. The highest BCUT2D eigenvalue weighted by Crippen LogP contribution is 2.22. The molecule has 6 heteroatoms. The van der Waals surface area contributed by atoms with E-state index in [1.807, 2.05) is 25.8 Å². The smallest absolute Gasteiger partial charge is 0.257 e. The zero-order valence-corrected chi connectivity index (χ0v) is 13.2. The minimum absolute atomic E-state index is 0. The van der Waals surface area contributed by atoms with Crippen LogP contribution in [0.5, 0.6) is 0 Å². The largest absolute Gasteiger partial charge is 0.335 e. The van der Waals surface area contributed by atoms with Gasteiger partial charge in [0.25, 0.3) is 5.91 Å². The van der Waals surface area contributed by atoms with Crippen LogP contribution in [0.4, 0.5) is 0 Å². The van der Waals surface area contributed by atoms with E-state index < -0.39 is 0 Å². The van der Waals surface area contributed by atoms with Crippen LogP contribution in [-0.4, -0.2) is 45.8 Å². The maximum Gasteiger partial charge on any atom is 0.257 e. The number of piperidine rings is 1. The molecule has 112 valence electrons. The Hall–Kier alpha value is -1.07. The van der Waals surface area contributed by atoms with Gasteiger partial charge in [0.15, 0.2) is 0 Å². The maximum absolute atomic E-state index is 12.7. The van der Waals surface area contributed by atoms with Crippen molar-refractivity contribution in [3.05, 3.63) is 17.0 Å². The van der Waals surface area contributed by atoms with E-state index in [1.54, 1.807) is 4.68 Å². The lowest BCUT2D eigenvalue weighted by Crippen LogP contribution is -2.60. The number of hydrogen-bond donors (Lipinski definition) is 1. The van der Waals surface area contributed by atoms with Crippen LogP contribution in [0.25, 0.3) is 0 Å². The highest BCUT2D eigenvalue weighted by atomic mass is 35.5. The Balaban J connectivity index is 0.00000147. The van der Waals surface area contributed by atoms with Crippen LogP contribution in [-0.2, 0) is 7.05 Å². The number of carbonyl (C=O) groups excluding carboxylic acids is 1. The van der Waals surface area contributed by atoms with E-state index in [4.69, 9.17) is 0 Å². The number of likely N-dealkylation sites (tertiary alicyclic amines) is 1. The van der Waals surface area contributed by atoms with Gasteiger partial charge in [-0.2, -0.15) is 5.10 Å². The molecule has 0 saturated carbocycles. The average molecular weight is 299 g/mol. The molecule has 20 heavy (non-hydrogen) atoms. The van der Waals surface area contributed by atoms with Gasteiger partial charge in [0, 0.05) is 37.9 Å². The summed E-state index contributed by atoms with van der Waals surface area (Å²) in [5.74, 6) is 0.154. The zero-order chi connectivity index (χ0) is 13.6. The molecule has 2 unspecified atom stereocenters. The van der Waals surface area contributed by atoms with E-state index in [0.717, 1.165) is 30.0 Å². The molecule has 2 atom stereocenters. The fourth-order valence-corrected chi connectivity index (χ4v) is 3.41. The molecule has 2 bridgehead atoms. The summed E-state index contributed by atoms with van der Waals surface area (Å²) < 4.78 is 1.80. The van der Waals surface area contributed by atoms with Gasteiger partial charge in [-0.15, -0.1) is 12.4 Å². The summed E-state index contributed by atoms with van der Waals surface area (Å²) in [4.78, 5) is 14.7. The molecule has 2 aliphatic heterocycles. The standard InChI is InChI=1S/C14H22N4O.ClH/c1-9-13(10(2)17(3)16-9)14(19)18-7-11-5-4-6-12(8-18)15-11;/h11-12,15H,4-8H2,1-3H3;1H. The van der Waals surface area contributed by atoms with Crippen molar-refractivity contribution >= 4 is 18.3 Å². The number of piperazine rings is 1. The fraction of sp³-hybridized carbons (Fsp3) is 0.714. The predicted molar refractivity (Wildman–Crippen MR) is 80.4 cm³/mol. The quantitative estimate of drug-likeness (QED) is 0.853. The highest BCUT2D eigenvalue weighted by molar-refractivity contribution is 5.96. The number of nitrogens with one attached hydrogen (secondary N) is 1. The normalized spacial score (nSPS) is 25.2. The van der Waals surface area contributed by atoms with Crippen molar-refractivity contribution in [1.29, 1.82) is 0 Å². The van der Waals surface area contributed by atoms with Gasteiger partial charge in [0.1, 0.15) is 0 Å². The fourth-order valence-electron chi connectivity index (χ4n) is 3.41. The number of aromatic nitrogens is 2. The number of carbonyl (C=O) groups is 1. The molecule has 1 amide bonds.